The van der Waals surface area contributed by atoms with E-state index in [1.165, 1.54) is 25.7 Å². The fraction of sp³-hybridized carbons (Fsp3) is 1.00. The first kappa shape index (κ1) is 11.0. The van der Waals surface area contributed by atoms with Crippen LogP contribution >= 0.6 is 0 Å². The second-order valence-electron chi connectivity index (χ2n) is 6.15. The Labute approximate surface area is 98.7 Å². The van der Waals surface area contributed by atoms with Gasteiger partial charge in [-0.1, -0.05) is 20.3 Å². The van der Waals surface area contributed by atoms with Gasteiger partial charge in [0.1, 0.15) is 0 Å². The van der Waals surface area contributed by atoms with Gasteiger partial charge in [0.25, 0.3) is 0 Å². The molecule has 3 rings (SSSR count). The normalized spacial score (nSPS) is 52.9. The lowest BCUT2D eigenvalue weighted by Gasteiger charge is -2.49. The molecule has 0 bridgehead atoms. The molecule has 2 heterocycles. The molecule has 0 aromatic heterocycles. The highest BCUT2D eigenvalue weighted by atomic mass is 16.7. The smallest absolute Gasteiger partial charge is 0.160 e. The van der Waals surface area contributed by atoms with Gasteiger partial charge in [0.05, 0.1) is 6.61 Å². The van der Waals surface area contributed by atoms with Crippen LogP contribution < -0.4 is 0 Å². The maximum absolute atomic E-state index is 5.94. The standard InChI is InChI=1S/C14H24O2/c1-9-5-6-12-10(2)8-16-14-13(12)11(9)4-3-7-15-14/h9-14H,3-8H2,1-2H3/t9-,10+,11?,12?,13?,14+/m1/s1. The zero-order valence-electron chi connectivity index (χ0n) is 10.5. The molecule has 0 spiro atoms. The van der Waals surface area contributed by atoms with Crippen LogP contribution in [0.2, 0.25) is 0 Å². The molecule has 3 unspecified atom stereocenters. The summed E-state index contributed by atoms with van der Waals surface area (Å²) in [5, 5.41) is 0. The van der Waals surface area contributed by atoms with Crippen molar-refractivity contribution in [1.82, 2.24) is 0 Å². The van der Waals surface area contributed by atoms with Gasteiger partial charge in [0.2, 0.25) is 0 Å². The lowest BCUT2D eigenvalue weighted by molar-refractivity contribution is -0.236. The van der Waals surface area contributed by atoms with Crippen molar-refractivity contribution in [3.8, 4) is 0 Å². The minimum absolute atomic E-state index is 0.122. The van der Waals surface area contributed by atoms with Crippen molar-refractivity contribution in [3.63, 3.8) is 0 Å². The van der Waals surface area contributed by atoms with Crippen LogP contribution in [0.1, 0.15) is 39.5 Å². The van der Waals surface area contributed by atoms with Gasteiger partial charge in [-0.3, -0.25) is 0 Å². The fourth-order valence-electron chi connectivity index (χ4n) is 4.26. The van der Waals surface area contributed by atoms with E-state index in [0.717, 1.165) is 36.9 Å². The molecule has 2 heteroatoms. The minimum atomic E-state index is 0.122. The van der Waals surface area contributed by atoms with Gasteiger partial charge in [-0.05, 0) is 42.9 Å². The molecule has 0 radical (unpaired) electrons. The highest BCUT2D eigenvalue weighted by molar-refractivity contribution is 4.93. The maximum atomic E-state index is 5.94. The molecule has 1 saturated carbocycles. The predicted octanol–water partition coefficient (Wildman–Crippen LogP) is 3.07. The zero-order valence-corrected chi connectivity index (χ0v) is 10.5. The first-order chi connectivity index (χ1) is 7.77. The molecule has 0 N–H and O–H groups in total. The summed E-state index contributed by atoms with van der Waals surface area (Å²) in [6.45, 7) is 6.61. The van der Waals surface area contributed by atoms with E-state index in [0.29, 0.717) is 5.92 Å². The Kier molecular flexibility index (Phi) is 2.97. The molecule has 6 atom stereocenters. The summed E-state index contributed by atoms with van der Waals surface area (Å²) in [7, 11) is 0. The van der Waals surface area contributed by atoms with Crippen LogP contribution in [-0.2, 0) is 9.47 Å². The molecule has 2 saturated heterocycles. The fourth-order valence-corrected chi connectivity index (χ4v) is 4.26. The van der Waals surface area contributed by atoms with Crippen LogP contribution in [0.3, 0.4) is 0 Å². The monoisotopic (exact) mass is 224 g/mol. The van der Waals surface area contributed by atoms with E-state index in [-0.39, 0.29) is 6.29 Å². The van der Waals surface area contributed by atoms with Crippen molar-refractivity contribution in [1.29, 1.82) is 0 Å². The molecule has 3 aliphatic rings. The van der Waals surface area contributed by atoms with Gasteiger partial charge >= 0.3 is 0 Å². The third-order valence-electron chi connectivity index (χ3n) is 5.21. The molecule has 2 nitrogen and oxygen atoms in total. The predicted molar refractivity (Wildman–Crippen MR) is 63.0 cm³/mol. The van der Waals surface area contributed by atoms with E-state index in [1.807, 2.05) is 0 Å². The highest BCUT2D eigenvalue weighted by Crippen LogP contribution is 2.49. The summed E-state index contributed by atoms with van der Waals surface area (Å²) in [4.78, 5) is 0. The number of ether oxygens (including phenoxy) is 2. The van der Waals surface area contributed by atoms with Gasteiger partial charge < -0.3 is 9.47 Å². The van der Waals surface area contributed by atoms with Gasteiger partial charge in [0, 0.05) is 12.5 Å². The molecule has 3 fully saturated rings. The Morgan fingerprint density at radius 2 is 1.69 bits per heavy atom. The summed E-state index contributed by atoms with van der Waals surface area (Å²) in [6, 6.07) is 0. The van der Waals surface area contributed by atoms with Crippen LogP contribution in [-0.4, -0.2) is 19.5 Å². The molecular formula is C14H24O2. The minimum Gasteiger partial charge on any atom is -0.352 e. The Morgan fingerprint density at radius 1 is 0.875 bits per heavy atom. The summed E-state index contributed by atoms with van der Waals surface area (Å²) in [5.74, 6) is 4.01. The largest absolute Gasteiger partial charge is 0.352 e. The van der Waals surface area contributed by atoms with Crippen molar-refractivity contribution in [2.24, 2.45) is 29.6 Å². The van der Waals surface area contributed by atoms with Crippen LogP contribution in [0.4, 0.5) is 0 Å². The topological polar surface area (TPSA) is 18.5 Å². The summed E-state index contributed by atoms with van der Waals surface area (Å²) in [5.41, 5.74) is 0. The van der Waals surface area contributed by atoms with E-state index in [4.69, 9.17) is 9.47 Å². The van der Waals surface area contributed by atoms with Crippen molar-refractivity contribution in [2.75, 3.05) is 13.2 Å². The molecule has 0 amide bonds. The average Bonchev–Trinajstić information content (AvgIpc) is 2.50. The number of hydrogen-bond acceptors (Lipinski definition) is 2. The SMILES string of the molecule is C[C@@H]1CCC2C3C1CCCO[C@H]3OC[C@@H]2C. The second-order valence-corrected chi connectivity index (χ2v) is 6.15. The van der Waals surface area contributed by atoms with Crippen LogP contribution in [0.25, 0.3) is 0 Å². The molecule has 2 aliphatic heterocycles. The highest BCUT2D eigenvalue weighted by Gasteiger charge is 2.48. The Balaban J connectivity index is 1.87. The number of rotatable bonds is 0. The maximum Gasteiger partial charge on any atom is 0.160 e. The Bertz CT molecular complexity index is 253. The zero-order chi connectivity index (χ0) is 11.1. The summed E-state index contributed by atoms with van der Waals surface area (Å²) in [6.07, 6.45) is 5.52. The Morgan fingerprint density at radius 3 is 2.56 bits per heavy atom. The van der Waals surface area contributed by atoms with E-state index in [1.54, 1.807) is 0 Å². The molecular weight excluding hydrogens is 200 g/mol. The summed E-state index contributed by atoms with van der Waals surface area (Å²) >= 11 is 0. The molecule has 92 valence electrons. The van der Waals surface area contributed by atoms with Crippen molar-refractivity contribution >= 4 is 0 Å². The molecule has 1 aliphatic carbocycles. The average molecular weight is 224 g/mol. The third kappa shape index (κ3) is 1.70. The van der Waals surface area contributed by atoms with Crippen molar-refractivity contribution in [3.05, 3.63) is 0 Å². The third-order valence-corrected chi connectivity index (χ3v) is 5.21. The molecule has 16 heavy (non-hydrogen) atoms. The first-order valence-electron chi connectivity index (χ1n) is 7.00. The van der Waals surface area contributed by atoms with Crippen LogP contribution in [0, 0.1) is 29.6 Å². The molecule has 0 aromatic carbocycles. The lowest BCUT2D eigenvalue weighted by Crippen LogP contribution is -2.49. The Hall–Kier alpha value is -0.0800. The van der Waals surface area contributed by atoms with E-state index >= 15 is 0 Å². The quantitative estimate of drug-likeness (QED) is 0.629. The van der Waals surface area contributed by atoms with E-state index in [9.17, 15) is 0 Å². The second kappa shape index (κ2) is 4.30. The van der Waals surface area contributed by atoms with E-state index in [2.05, 4.69) is 13.8 Å². The van der Waals surface area contributed by atoms with Crippen LogP contribution in [0.15, 0.2) is 0 Å². The molecule has 0 aromatic rings. The van der Waals surface area contributed by atoms with Crippen LogP contribution in [0.5, 0.6) is 0 Å². The van der Waals surface area contributed by atoms with Gasteiger partial charge in [0.15, 0.2) is 6.29 Å². The van der Waals surface area contributed by atoms with Gasteiger partial charge in [-0.2, -0.15) is 0 Å². The van der Waals surface area contributed by atoms with E-state index < -0.39 is 0 Å². The van der Waals surface area contributed by atoms with Crippen molar-refractivity contribution < 1.29 is 9.47 Å². The van der Waals surface area contributed by atoms with Gasteiger partial charge in [-0.15, -0.1) is 0 Å². The van der Waals surface area contributed by atoms with Gasteiger partial charge in [-0.25, -0.2) is 0 Å². The lowest BCUT2D eigenvalue weighted by atomic mass is 9.61. The first-order valence-corrected chi connectivity index (χ1v) is 7.00. The summed E-state index contributed by atoms with van der Waals surface area (Å²) < 4.78 is 11.9. The number of hydrogen-bond donors (Lipinski definition) is 0. The van der Waals surface area contributed by atoms with Crippen molar-refractivity contribution in [2.45, 2.75) is 45.8 Å².